The highest BCUT2D eigenvalue weighted by Crippen LogP contribution is 2.31. The van der Waals surface area contributed by atoms with Gasteiger partial charge in [0.15, 0.2) is 0 Å². The molecule has 0 aromatic heterocycles. The minimum atomic E-state index is -0.257. The molecular formula is C16H14BrClFN. The van der Waals surface area contributed by atoms with Crippen LogP contribution in [-0.4, -0.2) is 6.04 Å². The Morgan fingerprint density at radius 3 is 2.75 bits per heavy atom. The molecule has 0 radical (unpaired) electrons. The fourth-order valence-corrected chi connectivity index (χ4v) is 2.74. The van der Waals surface area contributed by atoms with Crippen LogP contribution in [0.5, 0.6) is 0 Å². The first kappa shape index (κ1) is 14.1. The van der Waals surface area contributed by atoms with Crippen molar-refractivity contribution >= 4 is 27.5 Å². The maximum absolute atomic E-state index is 14.1. The van der Waals surface area contributed by atoms with Crippen molar-refractivity contribution in [2.24, 2.45) is 0 Å². The Kier molecular flexibility index (Phi) is 4.11. The monoisotopic (exact) mass is 353 g/mol. The third-order valence-corrected chi connectivity index (χ3v) is 4.44. The van der Waals surface area contributed by atoms with Gasteiger partial charge in [0, 0.05) is 23.2 Å². The predicted octanol–water partition coefficient (Wildman–Crippen LogP) is 5.16. The van der Waals surface area contributed by atoms with E-state index < -0.39 is 0 Å². The molecule has 0 bridgehead atoms. The molecule has 3 rings (SSSR count). The van der Waals surface area contributed by atoms with E-state index >= 15 is 0 Å². The van der Waals surface area contributed by atoms with Crippen molar-refractivity contribution in [3.63, 3.8) is 0 Å². The van der Waals surface area contributed by atoms with Gasteiger partial charge >= 0.3 is 0 Å². The van der Waals surface area contributed by atoms with Crippen LogP contribution in [0.25, 0.3) is 11.1 Å². The van der Waals surface area contributed by atoms with Crippen LogP contribution < -0.4 is 5.32 Å². The fourth-order valence-electron chi connectivity index (χ4n) is 2.13. The normalized spacial score (nSPS) is 14.6. The van der Waals surface area contributed by atoms with Crippen LogP contribution in [0.15, 0.2) is 40.9 Å². The number of halogens is 3. The van der Waals surface area contributed by atoms with Crippen molar-refractivity contribution in [1.82, 2.24) is 5.32 Å². The van der Waals surface area contributed by atoms with Crippen LogP contribution >= 0.6 is 27.5 Å². The molecule has 1 fully saturated rings. The molecule has 1 nitrogen and oxygen atoms in total. The Labute approximate surface area is 131 Å². The van der Waals surface area contributed by atoms with Gasteiger partial charge in [-0.05, 0) is 52.0 Å². The Balaban J connectivity index is 1.87. The summed E-state index contributed by atoms with van der Waals surface area (Å²) in [5, 5.41) is 4.10. The topological polar surface area (TPSA) is 12.0 Å². The third kappa shape index (κ3) is 3.05. The summed E-state index contributed by atoms with van der Waals surface area (Å²) in [4.78, 5) is 0. The minimum Gasteiger partial charge on any atom is -0.310 e. The lowest BCUT2D eigenvalue weighted by Crippen LogP contribution is -2.15. The molecule has 1 aliphatic carbocycles. The quantitative estimate of drug-likeness (QED) is 0.799. The van der Waals surface area contributed by atoms with E-state index in [1.54, 1.807) is 12.1 Å². The molecule has 104 valence electrons. The number of hydrogen-bond donors (Lipinski definition) is 1. The molecule has 1 saturated carbocycles. The highest BCUT2D eigenvalue weighted by atomic mass is 79.9. The van der Waals surface area contributed by atoms with Crippen LogP contribution in [0, 0.1) is 5.82 Å². The van der Waals surface area contributed by atoms with E-state index in [0.29, 0.717) is 21.1 Å². The first-order chi connectivity index (χ1) is 9.65. The molecule has 0 atom stereocenters. The second-order valence-electron chi connectivity index (χ2n) is 5.06. The van der Waals surface area contributed by atoms with Gasteiger partial charge in [-0.2, -0.15) is 0 Å². The summed E-state index contributed by atoms with van der Waals surface area (Å²) in [5.41, 5.74) is 2.41. The molecule has 0 heterocycles. The van der Waals surface area contributed by atoms with Crippen molar-refractivity contribution in [3.8, 4) is 11.1 Å². The number of hydrogen-bond acceptors (Lipinski definition) is 1. The molecule has 0 amide bonds. The highest BCUT2D eigenvalue weighted by Gasteiger charge is 2.20. The lowest BCUT2D eigenvalue weighted by molar-refractivity contribution is 0.624. The summed E-state index contributed by atoms with van der Waals surface area (Å²) in [6.45, 7) is 0.769. The van der Waals surface area contributed by atoms with Crippen LogP contribution in [0.3, 0.4) is 0 Å². The van der Waals surface area contributed by atoms with E-state index in [-0.39, 0.29) is 5.82 Å². The van der Waals surface area contributed by atoms with Gasteiger partial charge in [0.25, 0.3) is 0 Å². The first-order valence-electron chi connectivity index (χ1n) is 6.61. The Bertz CT molecular complexity index is 640. The maximum atomic E-state index is 14.1. The van der Waals surface area contributed by atoms with E-state index in [2.05, 4.69) is 21.2 Å². The zero-order valence-electron chi connectivity index (χ0n) is 10.8. The summed E-state index contributed by atoms with van der Waals surface area (Å²) >= 11 is 9.51. The Morgan fingerprint density at radius 2 is 2.05 bits per heavy atom. The zero-order chi connectivity index (χ0) is 14.1. The molecule has 2 aromatic carbocycles. The van der Waals surface area contributed by atoms with E-state index in [0.717, 1.165) is 17.7 Å². The largest absolute Gasteiger partial charge is 0.310 e. The summed E-state index contributed by atoms with van der Waals surface area (Å²) in [5.74, 6) is -0.257. The molecule has 20 heavy (non-hydrogen) atoms. The molecule has 0 aliphatic heterocycles. The number of rotatable bonds is 4. The lowest BCUT2D eigenvalue weighted by atomic mass is 10.0. The molecule has 4 heteroatoms. The summed E-state index contributed by atoms with van der Waals surface area (Å²) < 4.78 is 14.5. The van der Waals surface area contributed by atoms with Crippen LogP contribution in [-0.2, 0) is 6.54 Å². The standard InChI is InChI=1S/C16H14BrClFN/c17-14-3-1-2-13(16(14)19)10-4-5-11(15(18)8-10)9-20-12-6-7-12/h1-5,8,12,20H,6-7,9H2. The lowest BCUT2D eigenvalue weighted by Gasteiger charge is -2.09. The van der Waals surface area contributed by atoms with Gasteiger partial charge in [-0.25, -0.2) is 4.39 Å². The number of nitrogens with one attached hydrogen (secondary N) is 1. The van der Waals surface area contributed by atoms with Crippen LogP contribution in [0.1, 0.15) is 18.4 Å². The average molecular weight is 355 g/mol. The minimum absolute atomic E-state index is 0.257. The maximum Gasteiger partial charge on any atom is 0.145 e. The van der Waals surface area contributed by atoms with Gasteiger partial charge < -0.3 is 5.32 Å². The van der Waals surface area contributed by atoms with Crippen LogP contribution in [0.4, 0.5) is 4.39 Å². The van der Waals surface area contributed by atoms with E-state index in [4.69, 9.17) is 11.6 Å². The smallest absolute Gasteiger partial charge is 0.145 e. The van der Waals surface area contributed by atoms with Gasteiger partial charge in [0.2, 0.25) is 0 Å². The molecular weight excluding hydrogens is 341 g/mol. The van der Waals surface area contributed by atoms with Crippen LogP contribution in [0.2, 0.25) is 5.02 Å². The van der Waals surface area contributed by atoms with Gasteiger partial charge in [-0.15, -0.1) is 0 Å². The second kappa shape index (κ2) is 5.84. The highest BCUT2D eigenvalue weighted by molar-refractivity contribution is 9.10. The molecule has 0 unspecified atom stereocenters. The van der Waals surface area contributed by atoms with Crippen molar-refractivity contribution in [1.29, 1.82) is 0 Å². The zero-order valence-corrected chi connectivity index (χ0v) is 13.1. The van der Waals surface area contributed by atoms with Crippen molar-refractivity contribution < 1.29 is 4.39 Å². The van der Waals surface area contributed by atoms with Gasteiger partial charge in [-0.3, -0.25) is 0 Å². The molecule has 0 spiro atoms. The molecule has 0 saturated heterocycles. The molecule has 1 aliphatic rings. The van der Waals surface area contributed by atoms with Gasteiger partial charge in [-0.1, -0.05) is 35.9 Å². The van der Waals surface area contributed by atoms with E-state index in [9.17, 15) is 4.39 Å². The van der Waals surface area contributed by atoms with Gasteiger partial charge in [0.05, 0.1) is 4.47 Å². The first-order valence-corrected chi connectivity index (χ1v) is 7.78. The van der Waals surface area contributed by atoms with Crippen molar-refractivity contribution in [2.75, 3.05) is 0 Å². The van der Waals surface area contributed by atoms with E-state index in [1.165, 1.54) is 12.8 Å². The second-order valence-corrected chi connectivity index (χ2v) is 6.32. The van der Waals surface area contributed by atoms with Crippen molar-refractivity contribution in [3.05, 3.63) is 57.3 Å². The predicted molar refractivity (Wildman–Crippen MR) is 84.4 cm³/mol. The molecule has 1 N–H and O–H groups in total. The Morgan fingerprint density at radius 1 is 1.25 bits per heavy atom. The van der Waals surface area contributed by atoms with Gasteiger partial charge in [0.1, 0.15) is 5.82 Å². The van der Waals surface area contributed by atoms with E-state index in [1.807, 2.05) is 24.3 Å². The SMILES string of the molecule is Fc1c(Br)cccc1-c1ccc(CNC2CC2)c(Cl)c1. The number of benzene rings is 2. The third-order valence-electron chi connectivity index (χ3n) is 3.47. The summed E-state index contributed by atoms with van der Waals surface area (Å²) in [6, 6.07) is 11.6. The summed E-state index contributed by atoms with van der Waals surface area (Å²) in [6.07, 6.45) is 2.50. The summed E-state index contributed by atoms with van der Waals surface area (Å²) in [7, 11) is 0. The molecule has 2 aromatic rings. The van der Waals surface area contributed by atoms with Crippen molar-refractivity contribution in [2.45, 2.75) is 25.4 Å². The fraction of sp³-hybridized carbons (Fsp3) is 0.250. The Hall–Kier alpha value is -0.900. The average Bonchev–Trinajstić information content (AvgIpc) is 3.25.